The van der Waals surface area contributed by atoms with E-state index in [2.05, 4.69) is 0 Å². The standard InChI is InChI=1S/C14H16O5/c1-17-11-6-10-9(13(18-2)14(11)19-3)5-4-8(7-15)12(10)16/h6-7,15H,4-5H2,1-3H3/b8-7+. The van der Waals surface area contributed by atoms with E-state index in [9.17, 15) is 4.79 Å². The Balaban J connectivity index is 2.69. The molecular weight excluding hydrogens is 248 g/mol. The van der Waals surface area contributed by atoms with Gasteiger partial charge in [-0.25, -0.2) is 0 Å². The Morgan fingerprint density at radius 2 is 1.79 bits per heavy atom. The predicted molar refractivity (Wildman–Crippen MR) is 69.5 cm³/mol. The van der Waals surface area contributed by atoms with E-state index in [4.69, 9.17) is 19.3 Å². The topological polar surface area (TPSA) is 65.0 Å². The molecule has 1 aliphatic rings. The molecule has 0 unspecified atom stereocenters. The monoisotopic (exact) mass is 264 g/mol. The minimum atomic E-state index is -0.206. The Morgan fingerprint density at radius 3 is 2.32 bits per heavy atom. The quantitative estimate of drug-likeness (QED) is 0.670. The molecular formula is C14H16O5. The lowest BCUT2D eigenvalue weighted by molar-refractivity contribution is 0.102. The van der Waals surface area contributed by atoms with Crippen molar-refractivity contribution < 1.29 is 24.1 Å². The molecule has 1 aromatic carbocycles. The van der Waals surface area contributed by atoms with Crippen LogP contribution in [0.25, 0.3) is 0 Å². The number of allylic oxidation sites excluding steroid dienone is 1. The normalized spacial score (nSPS) is 16.2. The van der Waals surface area contributed by atoms with Crippen molar-refractivity contribution in [3.63, 3.8) is 0 Å². The van der Waals surface area contributed by atoms with E-state index in [1.54, 1.807) is 6.07 Å². The number of ketones is 1. The molecule has 0 aliphatic heterocycles. The van der Waals surface area contributed by atoms with Crippen LogP contribution in [0.5, 0.6) is 17.2 Å². The summed E-state index contributed by atoms with van der Waals surface area (Å²) in [5.41, 5.74) is 1.67. The molecule has 0 saturated heterocycles. The van der Waals surface area contributed by atoms with Gasteiger partial charge in [0.15, 0.2) is 17.3 Å². The summed E-state index contributed by atoms with van der Waals surface area (Å²) in [7, 11) is 4.55. The maximum Gasteiger partial charge on any atom is 0.203 e. The second-order valence-electron chi connectivity index (χ2n) is 4.15. The SMILES string of the molecule is COc1cc2c(c(OC)c1OC)CC/C(=C\O)C2=O. The second-order valence-corrected chi connectivity index (χ2v) is 4.15. The van der Waals surface area contributed by atoms with E-state index >= 15 is 0 Å². The Morgan fingerprint density at radius 1 is 1.11 bits per heavy atom. The minimum absolute atomic E-state index is 0.206. The summed E-state index contributed by atoms with van der Waals surface area (Å²) in [6.45, 7) is 0. The first kappa shape index (κ1) is 13.3. The highest BCUT2D eigenvalue weighted by molar-refractivity contribution is 6.11. The number of aliphatic hydroxyl groups is 1. The summed E-state index contributed by atoms with van der Waals surface area (Å²) in [5, 5.41) is 9.07. The molecule has 0 spiro atoms. The van der Waals surface area contributed by atoms with Crippen LogP contribution in [-0.2, 0) is 6.42 Å². The molecule has 0 fully saturated rings. The first-order valence-corrected chi connectivity index (χ1v) is 5.87. The van der Waals surface area contributed by atoms with Gasteiger partial charge in [0.2, 0.25) is 5.75 Å². The average Bonchev–Trinajstić information content (AvgIpc) is 2.45. The van der Waals surface area contributed by atoms with Crippen molar-refractivity contribution in [1.29, 1.82) is 0 Å². The number of carbonyl (C=O) groups excluding carboxylic acids is 1. The molecule has 5 heteroatoms. The number of hydrogen-bond donors (Lipinski definition) is 1. The summed E-state index contributed by atoms with van der Waals surface area (Å²) >= 11 is 0. The Hall–Kier alpha value is -2.17. The Labute approximate surface area is 111 Å². The summed E-state index contributed by atoms with van der Waals surface area (Å²) < 4.78 is 15.9. The maximum atomic E-state index is 12.2. The van der Waals surface area contributed by atoms with Crippen LogP contribution < -0.4 is 14.2 Å². The average molecular weight is 264 g/mol. The van der Waals surface area contributed by atoms with Gasteiger partial charge in [-0.15, -0.1) is 0 Å². The van der Waals surface area contributed by atoms with E-state index in [0.717, 1.165) is 11.8 Å². The zero-order valence-corrected chi connectivity index (χ0v) is 11.1. The zero-order chi connectivity index (χ0) is 14.0. The van der Waals surface area contributed by atoms with Crippen molar-refractivity contribution in [3.05, 3.63) is 29.0 Å². The largest absolute Gasteiger partial charge is 0.515 e. The number of methoxy groups -OCH3 is 3. The number of aliphatic hydroxyl groups excluding tert-OH is 1. The minimum Gasteiger partial charge on any atom is -0.515 e. The summed E-state index contributed by atoms with van der Waals surface area (Å²) in [6.07, 6.45) is 1.96. The zero-order valence-electron chi connectivity index (χ0n) is 11.1. The fourth-order valence-corrected chi connectivity index (χ4v) is 2.34. The van der Waals surface area contributed by atoms with E-state index in [0.29, 0.717) is 41.2 Å². The predicted octanol–water partition coefficient (Wildman–Crippen LogP) is 2.28. The van der Waals surface area contributed by atoms with E-state index in [1.807, 2.05) is 0 Å². The molecule has 0 atom stereocenters. The lowest BCUT2D eigenvalue weighted by atomic mass is 9.86. The molecule has 0 heterocycles. The first-order chi connectivity index (χ1) is 9.17. The van der Waals surface area contributed by atoms with Crippen molar-refractivity contribution in [2.24, 2.45) is 0 Å². The van der Waals surface area contributed by atoms with Gasteiger partial charge in [-0.05, 0) is 18.9 Å². The van der Waals surface area contributed by atoms with E-state index in [1.165, 1.54) is 21.3 Å². The fraction of sp³-hybridized carbons (Fsp3) is 0.357. The molecule has 1 N–H and O–H groups in total. The third-order valence-corrected chi connectivity index (χ3v) is 3.27. The number of rotatable bonds is 3. The third kappa shape index (κ3) is 2.01. The summed E-state index contributed by atoms with van der Waals surface area (Å²) in [5.74, 6) is 1.23. The molecule has 5 nitrogen and oxygen atoms in total. The van der Waals surface area contributed by atoms with Crippen LogP contribution in [0.1, 0.15) is 22.3 Å². The van der Waals surface area contributed by atoms with Gasteiger partial charge < -0.3 is 19.3 Å². The van der Waals surface area contributed by atoms with Crippen LogP contribution in [0.3, 0.4) is 0 Å². The molecule has 2 rings (SSSR count). The highest BCUT2D eigenvalue weighted by atomic mass is 16.5. The van der Waals surface area contributed by atoms with Crippen LogP contribution >= 0.6 is 0 Å². The van der Waals surface area contributed by atoms with Crippen molar-refractivity contribution in [3.8, 4) is 17.2 Å². The van der Waals surface area contributed by atoms with Gasteiger partial charge in [0, 0.05) is 16.7 Å². The first-order valence-electron chi connectivity index (χ1n) is 5.87. The van der Waals surface area contributed by atoms with Crippen molar-refractivity contribution in [1.82, 2.24) is 0 Å². The van der Waals surface area contributed by atoms with Gasteiger partial charge >= 0.3 is 0 Å². The van der Waals surface area contributed by atoms with Crippen molar-refractivity contribution in [2.75, 3.05) is 21.3 Å². The van der Waals surface area contributed by atoms with Gasteiger partial charge in [0.05, 0.1) is 27.6 Å². The molecule has 0 radical (unpaired) electrons. The summed E-state index contributed by atoms with van der Waals surface area (Å²) in [6, 6.07) is 1.63. The van der Waals surface area contributed by atoms with Gasteiger partial charge in [0.25, 0.3) is 0 Å². The third-order valence-electron chi connectivity index (χ3n) is 3.27. The number of Topliss-reactive ketones (excluding diaryl/α,β-unsaturated/α-hetero) is 1. The number of carbonyl (C=O) groups is 1. The van der Waals surface area contributed by atoms with Crippen LogP contribution in [0.2, 0.25) is 0 Å². The highest BCUT2D eigenvalue weighted by Gasteiger charge is 2.29. The Bertz CT molecular complexity index is 545. The number of hydrogen-bond acceptors (Lipinski definition) is 5. The van der Waals surface area contributed by atoms with Crippen LogP contribution in [-0.4, -0.2) is 32.2 Å². The molecule has 0 saturated carbocycles. The number of fused-ring (bicyclic) bond motifs is 1. The van der Waals surface area contributed by atoms with Gasteiger partial charge in [-0.1, -0.05) is 0 Å². The number of ether oxygens (including phenoxy) is 3. The molecule has 0 amide bonds. The van der Waals surface area contributed by atoms with Crippen molar-refractivity contribution >= 4 is 5.78 Å². The number of benzene rings is 1. The molecule has 0 aromatic heterocycles. The van der Waals surface area contributed by atoms with Crippen LogP contribution in [0, 0.1) is 0 Å². The lowest BCUT2D eigenvalue weighted by Crippen LogP contribution is -2.16. The maximum absolute atomic E-state index is 12.2. The van der Waals surface area contributed by atoms with E-state index < -0.39 is 0 Å². The van der Waals surface area contributed by atoms with Gasteiger partial charge in [-0.2, -0.15) is 0 Å². The molecule has 1 aliphatic carbocycles. The van der Waals surface area contributed by atoms with Crippen LogP contribution in [0.4, 0.5) is 0 Å². The Kier molecular flexibility index (Phi) is 3.64. The lowest BCUT2D eigenvalue weighted by Gasteiger charge is -2.22. The fourth-order valence-electron chi connectivity index (χ4n) is 2.34. The highest BCUT2D eigenvalue weighted by Crippen LogP contribution is 2.44. The van der Waals surface area contributed by atoms with Crippen LogP contribution in [0.15, 0.2) is 17.9 Å². The van der Waals surface area contributed by atoms with E-state index in [-0.39, 0.29) is 5.78 Å². The van der Waals surface area contributed by atoms with Gasteiger partial charge in [-0.3, -0.25) is 4.79 Å². The van der Waals surface area contributed by atoms with Crippen molar-refractivity contribution in [2.45, 2.75) is 12.8 Å². The van der Waals surface area contributed by atoms with Gasteiger partial charge in [0.1, 0.15) is 0 Å². The molecule has 0 bridgehead atoms. The molecule has 102 valence electrons. The molecule has 1 aromatic rings. The smallest absolute Gasteiger partial charge is 0.203 e. The second kappa shape index (κ2) is 5.22. The summed E-state index contributed by atoms with van der Waals surface area (Å²) in [4.78, 5) is 12.2. The molecule has 19 heavy (non-hydrogen) atoms.